The largest absolute Gasteiger partial charge is 0.459 e. The van der Waals surface area contributed by atoms with Crippen LogP contribution in [0.15, 0.2) is 77.4 Å². The second-order valence-electron chi connectivity index (χ2n) is 6.60. The molecule has 142 valence electrons. The van der Waals surface area contributed by atoms with Crippen molar-refractivity contribution in [1.29, 1.82) is 0 Å². The van der Waals surface area contributed by atoms with E-state index in [4.69, 9.17) is 4.42 Å². The first-order valence-corrected chi connectivity index (χ1v) is 9.25. The summed E-state index contributed by atoms with van der Waals surface area (Å²) in [5.41, 5.74) is 2.32. The van der Waals surface area contributed by atoms with Crippen molar-refractivity contribution in [3.8, 4) is 0 Å². The Morgan fingerprint density at radius 1 is 0.750 bits per heavy atom. The maximum Gasteiger partial charge on any atom is 0.289 e. The van der Waals surface area contributed by atoms with Gasteiger partial charge >= 0.3 is 0 Å². The summed E-state index contributed by atoms with van der Waals surface area (Å²) >= 11 is 0. The van der Waals surface area contributed by atoms with Gasteiger partial charge < -0.3 is 19.5 Å². The Labute approximate surface area is 163 Å². The van der Waals surface area contributed by atoms with E-state index in [0.29, 0.717) is 37.5 Å². The standard InChI is InChI=1S/C22H21N3O3/c26-21(18-9-4-5-10-19(18)23-17-7-2-1-3-8-17)24-12-14-25(15-13-24)22(27)20-11-6-16-28-20/h1-11,16,23H,12-15H2. The number of nitrogens with one attached hydrogen (secondary N) is 1. The fourth-order valence-corrected chi connectivity index (χ4v) is 3.29. The summed E-state index contributed by atoms with van der Waals surface area (Å²) in [4.78, 5) is 29.0. The molecule has 0 bridgehead atoms. The molecule has 28 heavy (non-hydrogen) atoms. The van der Waals surface area contributed by atoms with Gasteiger partial charge in [0.05, 0.1) is 17.5 Å². The zero-order valence-electron chi connectivity index (χ0n) is 15.4. The average molecular weight is 375 g/mol. The van der Waals surface area contributed by atoms with Gasteiger partial charge in [-0.05, 0) is 36.4 Å². The van der Waals surface area contributed by atoms with Gasteiger partial charge in [0.2, 0.25) is 0 Å². The molecule has 3 aromatic rings. The van der Waals surface area contributed by atoms with Crippen molar-refractivity contribution in [3.05, 3.63) is 84.3 Å². The molecule has 1 saturated heterocycles. The molecule has 0 atom stereocenters. The molecule has 2 aromatic carbocycles. The van der Waals surface area contributed by atoms with Crippen LogP contribution >= 0.6 is 0 Å². The third kappa shape index (κ3) is 3.76. The Morgan fingerprint density at radius 2 is 1.39 bits per heavy atom. The molecule has 0 saturated carbocycles. The van der Waals surface area contributed by atoms with Gasteiger partial charge in [0.15, 0.2) is 5.76 Å². The minimum absolute atomic E-state index is 0.0378. The lowest BCUT2D eigenvalue weighted by Crippen LogP contribution is -2.50. The molecule has 1 aliphatic heterocycles. The zero-order chi connectivity index (χ0) is 19.3. The summed E-state index contributed by atoms with van der Waals surface area (Å²) in [5, 5.41) is 3.31. The molecule has 0 aliphatic carbocycles. The topological polar surface area (TPSA) is 65.8 Å². The van der Waals surface area contributed by atoms with Crippen LogP contribution in [0.2, 0.25) is 0 Å². The summed E-state index contributed by atoms with van der Waals surface area (Å²) in [6.07, 6.45) is 1.49. The first kappa shape index (κ1) is 17.9. The first-order valence-electron chi connectivity index (χ1n) is 9.25. The van der Waals surface area contributed by atoms with E-state index in [1.54, 1.807) is 21.9 Å². The van der Waals surface area contributed by atoms with Gasteiger partial charge in [-0.15, -0.1) is 0 Å². The summed E-state index contributed by atoms with van der Waals surface area (Å²) in [6.45, 7) is 1.95. The average Bonchev–Trinajstić information content (AvgIpc) is 3.29. The smallest absolute Gasteiger partial charge is 0.289 e. The van der Waals surface area contributed by atoms with Gasteiger partial charge in [0, 0.05) is 31.9 Å². The third-order valence-corrected chi connectivity index (χ3v) is 4.80. The number of rotatable bonds is 4. The highest BCUT2D eigenvalue weighted by atomic mass is 16.3. The molecular weight excluding hydrogens is 354 g/mol. The maximum absolute atomic E-state index is 13.1. The van der Waals surface area contributed by atoms with E-state index in [9.17, 15) is 9.59 Å². The van der Waals surface area contributed by atoms with Gasteiger partial charge in [-0.25, -0.2) is 0 Å². The molecule has 4 rings (SSSR count). The van der Waals surface area contributed by atoms with Crippen LogP contribution in [0, 0.1) is 0 Å². The Balaban J connectivity index is 1.44. The van der Waals surface area contributed by atoms with Crippen LogP contribution in [0.25, 0.3) is 0 Å². The van der Waals surface area contributed by atoms with Crippen LogP contribution in [0.3, 0.4) is 0 Å². The third-order valence-electron chi connectivity index (χ3n) is 4.80. The molecule has 0 spiro atoms. The monoisotopic (exact) mass is 375 g/mol. The fourth-order valence-electron chi connectivity index (χ4n) is 3.29. The molecule has 0 unspecified atom stereocenters. The van der Waals surface area contributed by atoms with E-state index in [-0.39, 0.29) is 11.8 Å². The predicted octanol–water partition coefficient (Wildman–Crippen LogP) is 3.62. The van der Waals surface area contributed by atoms with E-state index in [1.807, 2.05) is 54.6 Å². The van der Waals surface area contributed by atoms with Crippen LogP contribution in [-0.4, -0.2) is 47.8 Å². The van der Waals surface area contributed by atoms with Gasteiger partial charge in [0.1, 0.15) is 0 Å². The normalized spacial score (nSPS) is 14.0. The number of anilines is 2. The minimum atomic E-state index is -0.136. The van der Waals surface area contributed by atoms with Crippen molar-refractivity contribution in [2.75, 3.05) is 31.5 Å². The van der Waals surface area contributed by atoms with Crippen LogP contribution in [0.1, 0.15) is 20.9 Å². The van der Waals surface area contributed by atoms with E-state index in [1.165, 1.54) is 6.26 Å². The molecule has 6 heteroatoms. The highest BCUT2D eigenvalue weighted by molar-refractivity contribution is 6.00. The SMILES string of the molecule is O=C(c1ccco1)N1CCN(C(=O)c2ccccc2Nc2ccccc2)CC1. The second kappa shape index (κ2) is 8.00. The van der Waals surface area contributed by atoms with E-state index in [0.717, 1.165) is 11.4 Å². The number of benzene rings is 2. The number of carbonyl (C=O) groups excluding carboxylic acids is 2. The zero-order valence-corrected chi connectivity index (χ0v) is 15.4. The molecular formula is C22H21N3O3. The van der Waals surface area contributed by atoms with Crippen molar-refractivity contribution >= 4 is 23.2 Å². The molecule has 1 fully saturated rings. The number of carbonyl (C=O) groups is 2. The lowest BCUT2D eigenvalue weighted by atomic mass is 10.1. The Kier molecular flexibility index (Phi) is 5.10. The number of nitrogens with zero attached hydrogens (tertiary/aromatic N) is 2. The number of piperazine rings is 1. The van der Waals surface area contributed by atoms with Crippen molar-refractivity contribution in [2.24, 2.45) is 0 Å². The number of amides is 2. The Morgan fingerprint density at radius 3 is 2.07 bits per heavy atom. The van der Waals surface area contributed by atoms with Crippen molar-refractivity contribution in [1.82, 2.24) is 9.80 Å². The van der Waals surface area contributed by atoms with Crippen molar-refractivity contribution < 1.29 is 14.0 Å². The summed E-state index contributed by atoms with van der Waals surface area (Å²) in [5.74, 6) is 0.157. The Bertz CT molecular complexity index is 946. The highest BCUT2D eigenvalue weighted by Gasteiger charge is 2.27. The van der Waals surface area contributed by atoms with E-state index in [2.05, 4.69) is 5.32 Å². The number of hydrogen-bond acceptors (Lipinski definition) is 4. The molecule has 1 aliphatic rings. The second-order valence-corrected chi connectivity index (χ2v) is 6.60. The van der Waals surface area contributed by atoms with Gasteiger partial charge in [-0.1, -0.05) is 30.3 Å². The van der Waals surface area contributed by atoms with Gasteiger partial charge in [-0.3, -0.25) is 9.59 Å². The fraction of sp³-hybridized carbons (Fsp3) is 0.182. The molecule has 1 N–H and O–H groups in total. The molecule has 2 amide bonds. The molecule has 6 nitrogen and oxygen atoms in total. The van der Waals surface area contributed by atoms with Crippen molar-refractivity contribution in [3.63, 3.8) is 0 Å². The molecule has 0 radical (unpaired) electrons. The number of hydrogen-bond donors (Lipinski definition) is 1. The lowest BCUT2D eigenvalue weighted by Gasteiger charge is -2.34. The van der Waals surface area contributed by atoms with Crippen LogP contribution in [0.4, 0.5) is 11.4 Å². The quantitative estimate of drug-likeness (QED) is 0.756. The van der Waals surface area contributed by atoms with Gasteiger partial charge in [0.25, 0.3) is 11.8 Å². The Hall–Kier alpha value is -3.54. The summed E-state index contributed by atoms with van der Waals surface area (Å²) in [6, 6.07) is 20.6. The van der Waals surface area contributed by atoms with Crippen LogP contribution < -0.4 is 5.32 Å². The summed E-state index contributed by atoms with van der Waals surface area (Å²) in [7, 11) is 0. The van der Waals surface area contributed by atoms with Crippen LogP contribution in [-0.2, 0) is 0 Å². The van der Waals surface area contributed by atoms with Gasteiger partial charge in [-0.2, -0.15) is 0 Å². The van der Waals surface area contributed by atoms with E-state index >= 15 is 0 Å². The first-order chi connectivity index (χ1) is 13.7. The summed E-state index contributed by atoms with van der Waals surface area (Å²) < 4.78 is 5.18. The molecule has 1 aromatic heterocycles. The number of para-hydroxylation sites is 2. The molecule has 2 heterocycles. The maximum atomic E-state index is 13.1. The minimum Gasteiger partial charge on any atom is -0.459 e. The van der Waals surface area contributed by atoms with Crippen molar-refractivity contribution in [2.45, 2.75) is 0 Å². The van der Waals surface area contributed by atoms with Crippen LogP contribution in [0.5, 0.6) is 0 Å². The lowest BCUT2D eigenvalue weighted by molar-refractivity contribution is 0.0518. The van der Waals surface area contributed by atoms with E-state index < -0.39 is 0 Å². The highest BCUT2D eigenvalue weighted by Crippen LogP contribution is 2.23. The predicted molar refractivity (Wildman–Crippen MR) is 107 cm³/mol. The number of furan rings is 1.